The summed E-state index contributed by atoms with van der Waals surface area (Å²) in [7, 11) is 0. The van der Waals surface area contributed by atoms with Crippen molar-refractivity contribution in [1.29, 1.82) is 0 Å². The summed E-state index contributed by atoms with van der Waals surface area (Å²) in [6.07, 6.45) is 6.18. The number of carbonyl (C=O) groups is 2. The molecule has 0 aromatic carbocycles. The Morgan fingerprint density at radius 3 is 2.33 bits per heavy atom. The Bertz CT molecular complexity index is 265. The van der Waals surface area contributed by atoms with E-state index in [4.69, 9.17) is 5.11 Å². The molecule has 1 aliphatic rings. The summed E-state index contributed by atoms with van der Waals surface area (Å²) in [5.74, 6) is -0.660. The lowest BCUT2D eigenvalue weighted by atomic mass is 9.87. The lowest BCUT2D eigenvalue weighted by Crippen LogP contribution is -2.36. The molecule has 15 heavy (non-hydrogen) atoms. The third-order valence-electron chi connectivity index (χ3n) is 2.74. The maximum absolute atomic E-state index is 11.2. The monoisotopic (exact) mass is 211 g/mol. The fraction of sp³-hybridized carbons (Fsp3) is 0.636. The van der Waals surface area contributed by atoms with E-state index in [1.807, 2.05) is 0 Å². The molecule has 0 unspecified atom stereocenters. The molecule has 1 saturated carbocycles. The van der Waals surface area contributed by atoms with Gasteiger partial charge in [0.15, 0.2) is 0 Å². The number of rotatable bonds is 3. The first-order valence-corrected chi connectivity index (χ1v) is 5.29. The lowest BCUT2D eigenvalue weighted by molar-refractivity contribution is -0.131. The molecular weight excluding hydrogens is 194 g/mol. The van der Waals surface area contributed by atoms with Gasteiger partial charge in [-0.3, -0.25) is 4.79 Å². The summed E-state index contributed by atoms with van der Waals surface area (Å²) in [6, 6.07) is 0.215. The van der Waals surface area contributed by atoms with E-state index < -0.39 is 5.97 Å². The number of carbonyl (C=O) groups excluding carboxylic acids is 1. The summed E-state index contributed by atoms with van der Waals surface area (Å²) in [5, 5.41) is 11.1. The van der Waals surface area contributed by atoms with E-state index in [0.717, 1.165) is 43.8 Å². The molecular formula is C11H17NO3. The van der Waals surface area contributed by atoms with Gasteiger partial charge in [0.2, 0.25) is 5.91 Å². The van der Waals surface area contributed by atoms with Gasteiger partial charge in [0.05, 0.1) is 0 Å². The highest BCUT2D eigenvalue weighted by molar-refractivity contribution is 5.93. The van der Waals surface area contributed by atoms with Crippen LogP contribution in [0.15, 0.2) is 12.2 Å². The molecule has 1 amide bonds. The van der Waals surface area contributed by atoms with Gasteiger partial charge < -0.3 is 10.4 Å². The number of hydrogen-bond donors (Lipinski definition) is 2. The number of nitrogens with one attached hydrogen (secondary N) is 1. The Morgan fingerprint density at radius 1 is 1.20 bits per heavy atom. The first-order valence-electron chi connectivity index (χ1n) is 5.29. The molecule has 4 heteroatoms. The maximum Gasteiger partial charge on any atom is 0.328 e. The van der Waals surface area contributed by atoms with Gasteiger partial charge in [-0.05, 0) is 31.6 Å². The summed E-state index contributed by atoms with van der Waals surface area (Å²) < 4.78 is 0. The van der Waals surface area contributed by atoms with Crippen LogP contribution in [0, 0.1) is 5.92 Å². The smallest absolute Gasteiger partial charge is 0.328 e. The second-order valence-electron chi connectivity index (χ2n) is 4.14. The standard InChI is InChI=1S/C11H17NO3/c1-8-2-4-9(5-3-8)12-10(13)6-7-11(14)15/h6-9H,2-5H2,1H3,(H,12,13)(H,14,15)/b7-6-. The number of hydrogen-bond acceptors (Lipinski definition) is 2. The molecule has 0 aromatic rings. The van der Waals surface area contributed by atoms with E-state index >= 15 is 0 Å². The van der Waals surface area contributed by atoms with Crippen molar-refractivity contribution in [3.05, 3.63) is 12.2 Å². The molecule has 2 N–H and O–H groups in total. The number of aliphatic carboxylic acids is 1. The quantitative estimate of drug-likeness (QED) is 0.692. The average Bonchev–Trinajstić information content (AvgIpc) is 2.19. The van der Waals surface area contributed by atoms with Crippen molar-refractivity contribution < 1.29 is 14.7 Å². The van der Waals surface area contributed by atoms with Gasteiger partial charge in [0.1, 0.15) is 0 Å². The van der Waals surface area contributed by atoms with Crippen LogP contribution in [0.3, 0.4) is 0 Å². The summed E-state index contributed by atoms with van der Waals surface area (Å²) in [6.45, 7) is 2.21. The van der Waals surface area contributed by atoms with Crippen molar-refractivity contribution in [2.75, 3.05) is 0 Å². The predicted molar refractivity (Wildman–Crippen MR) is 56.3 cm³/mol. The molecule has 84 valence electrons. The van der Waals surface area contributed by atoms with Crippen LogP contribution in [-0.2, 0) is 9.59 Å². The molecule has 1 aliphatic carbocycles. The third-order valence-corrected chi connectivity index (χ3v) is 2.74. The van der Waals surface area contributed by atoms with E-state index in [0.29, 0.717) is 0 Å². The van der Waals surface area contributed by atoms with E-state index in [1.165, 1.54) is 0 Å². The minimum atomic E-state index is -1.09. The fourth-order valence-corrected chi connectivity index (χ4v) is 1.80. The molecule has 0 saturated heterocycles. The highest BCUT2D eigenvalue weighted by Crippen LogP contribution is 2.23. The van der Waals surface area contributed by atoms with Gasteiger partial charge in [-0.1, -0.05) is 6.92 Å². The van der Waals surface area contributed by atoms with E-state index in [2.05, 4.69) is 12.2 Å². The fourth-order valence-electron chi connectivity index (χ4n) is 1.80. The molecule has 0 heterocycles. The molecule has 1 fully saturated rings. The van der Waals surface area contributed by atoms with Crippen molar-refractivity contribution in [1.82, 2.24) is 5.32 Å². The minimum Gasteiger partial charge on any atom is -0.478 e. The Kier molecular flexibility index (Phi) is 4.34. The zero-order valence-electron chi connectivity index (χ0n) is 8.90. The first-order chi connectivity index (χ1) is 7.08. The summed E-state index contributed by atoms with van der Waals surface area (Å²) >= 11 is 0. The molecule has 1 rings (SSSR count). The summed E-state index contributed by atoms with van der Waals surface area (Å²) in [4.78, 5) is 21.4. The van der Waals surface area contributed by atoms with Crippen molar-refractivity contribution in [2.45, 2.75) is 38.6 Å². The largest absolute Gasteiger partial charge is 0.478 e. The molecule has 0 spiro atoms. The number of carboxylic acid groups (broad SMARTS) is 1. The molecule has 0 atom stereocenters. The van der Waals surface area contributed by atoms with Crippen molar-refractivity contribution in [2.24, 2.45) is 5.92 Å². The topological polar surface area (TPSA) is 66.4 Å². The number of carboxylic acids is 1. The SMILES string of the molecule is CC1CCC(NC(=O)/C=C\C(=O)O)CC1. The highest BCUT2D eigenvalue weighted by Gasteiger charge is 2.18. The van der Waals surface area contributed by atoms with Crippen LogP contribution in [0.2, 0.25) is 0 Å². The minimum absolute atomic E-state index is 0.215. The van der Waals surface area contributed by atoms with Gasteiger partial charge in [-0.15, -0.1) is 0 Å². The normalized spacial score (nSPS) is 26.5. The Hall–Kier alpha value is -1.32. The highest BCUT2D eigenvalue weighted by atomic mass is 16.4. The molecule has 0 aromatic heterocycles. The van der Waals surface area contributed by atoms with Crippen LogP contribution in [0.1, 0.15) is 32.6 Å². The Labute approximate surface area is 89.4 Å². The molecule has 0 radical (unpaired) electrons. The molecule has 4 nitrogen and oxygen atoms in total. The Morgan fingerprint density at radius 2 is 1.80 bits per heavy atom. The van der Waals surface area contributed by atoms with Gasteiger partial charge >= 0.3 is 5.97 Å². The van der Waals surface area contributed by atoms with Gasteiger partial charge in [0.25, 0.3) is 0 Å². The van der Waals surface area contributed by atoms with Crippen molar-refractivity contribution in [3.63, 3.8) is 0 Å². The van der Waals surface area contributed by atoms with Crippen LogP contribution >= 0.6 is 0 Å². The zero-order valence-corrected chi connectivity index (χ0v) is 8.90. The van der Waals surface area contributed by atoms with E-state index in [1.54, 1.807) is 0 Å². The Balaban J connectivity index is 2.29. The third kappa shape index (κ3) is 4.63. The van der Waals surface area contributed by atoms with Gasteiger partial charge in [-0.25, -0.2) is 4.79 Å². The average molecular weight is 211 g/mol. The first kappa shape index (κ1) is 11.8. The predicted octanol–water partition coefficient (Wildman–Crippen LogP) is 1.32. The lowest BCUT2D eigenvalue weighted by Gasteiger charge is -2.26. The summed E-state index contributed by atoms with van der Waals surface area (Å²) in [5.41, 5.74) is 0. The molecule has 0 aliphatic heterocycles. The molecule has 0 bridgehead atoms. The van der Waals surface area contributed by atoms with Crippen LogP contribution in [0.4, 0.5) is 0 Å². The van der Waals surface area contributed by atoms with Crippen molar-refractivity contribution >= 4 is 11.9 Å². The maximum atomic E-state index is 11.2. The second-order valence-corrected chi connectivity index (χ2v) is 4.14. The van der Waals surface area contributed by atoms with Crippen LogP contribution in [0.25, 0.3) is 0 Å². The van der Waals surface area contributed by atoms with Gasteiger partial charge in [-0.2, -0.15) is 0 Å². The van der Waals surface area contributed by atoms with Crippen LogP contribution in [-0.4, -0.2) is 23.0 Å². The van der Waals surface area contributed by atoms with Gasteiger partial charge in [0, 0.05) is 18.2 Å². The van der Waals surface area contributed by atoms with Crippen molar-refractivity contribution in [3.8, 4) is 0 Å². The van der Waals surface area contributed by atoms with Crippen LogP contribution in [0.5, 0.6) is 0 Å². The van der Waals surface area contributed by atoms with E-state index in [9.17, 15) is 9.59 Å². The second kappa shape index (κ2) is 5.53. The van der Waals surface area contributed by atoms with E-state index in [-0.39, 0.29) is 11.9 Å². The van der Waals surface area contributed by atoms with Crippen LogP contribution < -0.4 is 5.32 Å². The number of amides is 1. The zero-order chi connectivity index (χ0) is 11.3.